The van der Waals surface area contributed by atoms with E-state index < -0.39 is 7.12 Å². The van der Waals surface area contributed by atoms with Crippen molar-refractivity contribution in [3.05, 3.63) is 41.5 Å². The molecule has 0 radical (unpaired) electrons. The van der Waals surface area contributed by atoms with E-state index in [1.807, 2.05) is 12.1 Å². The van der Waals surface area contributed by atoms with Gasteiger partial charge in [-0.3, -0.25) is 0 Å². The molecule has 0 aliphatic carbocycles. The Hall–Kier alpha value is -1.78. The molecule has 0 spiro atoms. The molecule has 2 aromatic carbocycles. The van der Waals surface area contributed by atoms with Gasteiger partial charge >= 0.3 is 7.12 Å². The van der Waals surface area contributed by atoms with Crippen LogP contribution in [-0.4, -0.2) is 17.2 Å². The van der Waals surface area contributed by atoms with E-state index in [0.29, 0.717) is 11.0 Å². The highest BCUT2D eigenvalue weighted by Gasteiger charge is 2.27. The van der Waals surface area contributed by atoms with Crippen molar-refractivity contribution in [2.75, 3.05) is 0 Å². The summed E-state index contributed by atoms with van der Waals surface area (Å²) in [5, 5.41) is 21.3. The Morgan fingerprint density at radius 3 is 2.04 bits per heavy atom. The van der Waals surface area contributed by atoms with Crippen molar-refractivity contribution in [1.82, 2.24) is 0 Å². The van der Waals surface area contributed by atoms with Crippen LogP contribution in [0.4, 0.5) is 0 Å². The van der Waals surface area contributed by atoms with Crippen LogP contribution >= 0.6 is 0 Å². The van der Waals surface area contributed by atoms with E-state index in [4.69, 9.17) is 4.42 Å². The van der Waals surface area contributed by atoms with Crippen molar-refractivity contribution in [3.8, 4) is 0 Å². The fourth-order valence-electron chi connectivity index (χ4n) is 3.12. The van der Waals surface area contributed by atoms with Crippen LogP contribution in [0.2, 0.25) is 0 Å². The molecule has 1 heterocycles. The van der Waals surface area contributed by atoms with E-state index in [9.17, 15) is 10.0 Å². The normalized spacial score (nSPS) is 13.0. The molecule has 0 unspecified atom stereocenters. The summed E-state index contributed by atoms with van der Waals surface area (Å²) in [4.78, 5) is 0. The first-order valence-corrected chi connectivity index (χ1v) is 8.36. The summed E-state index contributed by atoms with van der Waals surface area (Å²) in [6.07, 6.45) is 0. The third-order valence-corrected chi connectivity index (χ3v) is 4.58. The SMILES string of the molecule is CC(C)(C)c1cc(C(C)(C)C)c2oc3c(B(O)O)cccc3c2c1. The second-order valence-electron chi connectivity index (χ2n) is 8.60. The largest absolute Gasteiger partial charge is 0.492 e. The van der Waals surface area contributed by atoms with Crippen LogP contribution in [0.15, 0.2) is 34.7 Å². The number of hydrogen-bond donors (Lipinski definition) is 2. The lowest BCUT2D eigenvalue weighted by Gasteiger charge is -2.25. The van der Waals surface area contributed by atoms with E-state index in [1.165, 1.54) is 5.56 Å². The molecule has 0 saturated carbocycles. The summed E-state index contributed by atoms with van der Waals surface area (Å²) in [5.41, 5.74) is 4.12. The molecule has 1 aromatic heterocycles. The Morgan fingerprint density at radius 1 is 0.833 bits per heavy atom. The predicted octanol–water partition coefficient (Wildman–Crippen LogP) is 3.86. The summed E-state index contributed by atoms with van der Waals surface area (Å²) in [7, 11) is -1.55. The average Bonchev–Trinajstić information content (AvgIpc) is 2.82. The Labute approximate surface area is 143 Å². The third-order valence-electron chi connectivity index (χ3n) is 4.58. The maximum absolute atomic E-state index is 9.66. The van der Waals surface area contributed by atoms with Crippen LogP contribution in [-0.2, 0) is 10.8 Å². The van der Waals surface area contributed by atoms with Gasteiger partial charge in [0.05, 0.1) is 0 Å². The topological polar surface area (TPSA) is 53.6 Å². The van der Waals surface area contributed by atoms with Gasteiger partial charge in [0.15, 0.2) is 0 Å². The van der Waals surface area contributed by atoms with Crippen LogP contribution in [0.3, 0.4) is 0 Å². The Balaban J connectivity index is 2.49. The van der Waals surface area contributed by atoms with Crippen molar-refractivity contribution in [2.24, 2.45) is 0 Å². The summed E-state index contributed by atoms with van der Waals surface area (Å²) in [5.74, 6) is 0. The van der Waals surface area contributed by atoms with Crippen LogP contribution in [0.5, 0.6) is 0 Å². The monoisotopic (exact) mass is 324 g/mol. The van der Waals surface area contributed by atoms with Crippen molar-refractivity contribution in [2.45, 2.75) is 52.4 Å². The highest BCUT2D eigenvalue weighted by atomic mass is 16.4. The van der Waals surface area contributed by atoms with Crippen molar-refractivity contribution >= 4 is 34.5 Å². The third kappa shape index (κ3) is 2.74. The lowest BCUT2D eigenvalue weighted by atomic mass is 9.78. The predicted molar refractivity (Wildman–Crippen MR) is 101 cm³/mol. The van der Waals surface area contributed by atoms with Gasteiger partial charge in [-0.2, -0.15) is 0 Å². The van der Waals surface area contributed by atoms with Crippen LogP contribution in [0, 0.1) is 0 Å². The van der Waals surface area contributed by atoms with E-state index in [0.717, 1.165) is 21.9 Å². The van der Waals surface area contributed by atoms with Crippen molar-refractivity contribution in [1.29, 1.82) is 0 Å². The van der Waals surface area contributed by atoms with Crippen molar-refractivity contribution in [3.63, 3.8) is 0 Å². The first-order valence-electron chi connectivity index (χ1n) is 8.36. The van der Waals surface area contributed by atoms with Gasteiger partial charge in [0.25, 0.3) is 0 Å². The minimum atomic E-state index is -1.55. The maximum Gasteiger partial charge on any atom is 0.492 e. The molecule has 0 fully saturated rings. The van der Waals surface area contributed by atoms with Gasteiger partial charge in [-0.25, -0.2) is 0 Å². The van der Waals surface area contributed by atoms with E-state index in [1.54, 1.807) is 6.07 Å². The number of fused-ring (bicyclic) bond motifs is 3. The first-order chi connectivity index (χ1) is 11.0. The summed E-state index contributed by atoms with van der Waals surface area (Å²) in [6.45, 7) is 13.1. The molecule has 0 saturated heterocycles. The number of benzene rings is 2. The highest BCUT2D eigenvalue weighted by Crippen LogP contribution is 2.39. The smallest absolute Gasteiger partial charge is 0.456 e. The molecule has 3 nitrogen and oxygen atoms in total. The molecule has 126 valence electrons. The van der Waals surface area contributed by atoms with Gasteiger partial charge in [0.2, 0.25) is 0 Å². The zero-order valence-electron chi connectivity index (χ0n) is 15.3. The molecular formula is C20H25BO3. The molecule has 0 aliphatic rings. The zero-order valence-corrected chi connectivity index (χ0v) is 15.3. The zero-order chi connectivity index (χ0) is 17.9. The average molecular weight is 324 g/mol. The molecular weight excluding hydrogens is 299 g/mol. The number of furan rings is 1. The Kier molecular flexibility index (Phi) is 3.81. The van der Waals surface area contributed by atoms with Gasteiger partial charge in [0.1, 0.15) is 11.2 Å². The number of hydrogen-bond acceptors (Lipinski definition) is 3. The van der Waals surface area contributed by atoms with E-state index in [-0.39, 0.29) is 10.8 Å². The molecule has 0 bridgehead atoms. The van der Waals surface area contributed by atoms with Crippen LogP contribution in [0.25, 0.3) is 21.9 Å². The lowest BCUT2D eigenvalue weighted by Crippen LogP contribution is -2.29. The molecule has 24 heavy (non-hydrogen) atoms. The fraction of sp³-hybridized carbons (Fsp3) is 0.400. The molecule has 4 heteroatoms. The van der Waals surface area contributed by atoms with Crippen LogP contribution < -0.4 is 5.46 Å². The molecule has 0 atom stereocenters. The lowest BCUT2D eigenvalue weighted by molar-refractivity contribution is 0.425. The minimum absolute atomic E-state index is 0.0197. The van der Waals surface area contributed by atoms with E-state index >= 15 is 0 Å². The Morgan fingerprint density at radius 2 is 1.50 bits per heavy atom. The van der Waals surface area contributed by atoms with Crippen LogP contribution in [0.1, 0.15) is 52.7 Å². The Bertz CT molecular complexity index is 908. The van der Waals surface area contributed by atoms with E-state index in [2.05, 4.69) is 53.7 Å². The molecule has 2 N–H and O–H groups in total. The number of para-hydroxylation sites is 1. The van der Waals surface area contributed by atoms with Gasteiger partial charge in [-0.05, 0) is 22.5 Å². The van der Waals surface area contributed by atoms with Gasteiger partial charge < -0.3 is 14.5 Å². The van der Waals surface area contributed by atoms with Gasteiger partial charge in [-0.1, -0.05) is 65.8 Å². The molecule has 3 rings (SSSR count). The van der Waals surface area contributed by atoms with Gasteiger partial charge in [-0.15, -0.1) is 0 Å². The molecule has 0 aliphatic heterocycles. The van der Waals surface area contributed by atoms with Crippen molar-refractivity contribution < 1.29 is 14.5 Å². The first kappa shape index (κ1) is 17.1. The number of rotatable bonds is 1. The second-order valence-corrected chi connectivity index (χ2v) is 8.60. The maximum atomic E-state index is 9.66. The fourth-order valence-corrected chi connectivity index (χ4v) is 3.12. The minimum Gasteiger partial charge on any atom is -0.456 e. The second kappa shape index (κ2) is 5.37. The van der Waals surface area contributed by atoms with Gasteiger partial charge in [0, 0.05) is 21.8 Å². The quantitative estimate of drug-likeness (QED) is 0.668. The molecule has 3 aromatic rings. The summed E-state index contributed by atoms with van der Waals surface area (Å²) < 4.78 is 6.15. The standard InChI is InChI=1S/C20H25BO3/c1-19(2,3)12-10-14-13-8-7-9-16(21(22)23)18(13)24-17(14)15(11-12)20(4,5)6/h7-11,22-23H,1-6H3. The summed E-state index contributed by atoms with van der Waals surface area (Å²) >= 11 is 0. The summed E-state index contributed by atoms with van der Waals surface area (Å²) in [6, 6.07) is 9.90. The highest BCUT2D eigenvalue weighted by molar-refractivity contribution is 6.61. The molecule has 0 amide bonds.